The van der Waals surface area contributed by atoms with Crippen molar-refractivity contribution in [1.82, 2.24) is 0 Å². The third-order valence-electron chi connectivity index (χ3n) is 3.95. The van der Waals surface area contributed by atoms with Crippen LogP contribution < -0.4 is 4.74 Å². The van der Waals surface area contributed by atoms with E-state index in [0.717, 1.165) is 18.6 Å². The average molecular weight is 276 g/mol. The monoisotopic (exact) mass is 276 g/mol. The number of esters is 1. The summed E-state index contributed by atoms with van der Waals surface area (Å²) in [4.78, 5) is 11.7. The highest BCUT2D eigenvalue weighted by Crippen LogP contribution is 2.32. The van der Waals surface area contributed by atoms with Crippen LogP contribution in [0.5, 0.6) is 5.75 Å². The van der Waals surface area contributed by atoms with Crippen molar-refractivity contribution in [2.45, 2.75) is 58.2 Å². The standard InChI is InChI=1S/C17H24O3/c1-3-16(18)20-17(14-9-7-8-10-14)13(2)19-15-11-5-4-6-12-15/h4-6,11-14,17H,3,7-10H2,1-2H3. The van der Waals surface area contributed by atoms with E-state index in [9.17, 15) is 4.79 Å². The fourth-order valence-electron chi connectivity index (χ4n) is 2.88. The van der Waals surface area contributed by atoms with E-state index in [-0.39, 0.29) is 18.2 Å². The van der Waals surface area contributed by atoms with Crippen molar-refractivity contribution in [1.29, 1.82) is 0 Å². The zero-order valence-corrected chi connectivity index (χ0v) is 12.4. The van der Waals surface area contributed by atoms with E-state index >= 15 is 0 Å². The first-order valence-electron chi connectivity index (χ1n) is 7.62. The van der Waals surface area contributed by atoms with Crippen LogP contribution in [0, 0.1) is 5.92 Å². The maximum atomic E-state index is 11.7. The molecule has 1 fully saturated rings. The molecule has 110 valence electrons. The molecule has 0 radical (unpaired) electrons. The molecule has 3 nitrogen and oxygen atoms in total. The molecule has 2 unspecified atom stereocenters. The second-order valence-corrected chi connectivity index (χ2v) is 5.49. The highest BCUT2D eigenvalue weighted by molar-refractivity contribution is 5.69. The van der Waals surface area contributed by atoms with Crippen LogP contribution in [0.25, 0.3) is 0 Å². The first-order chi connectivity index (χ1) is 9.70. The SMILES string of the molecule is CCC(=O)OC(C1CCCC1)C(C)Oc1ccccc1. The van der Waals surface area contributed by atoms with Gasteiger partial charge in [0.15, 0.2) is 0 Å². The molecule has 1 aromatic rings. The van der Waals surface area contributed by atoms with Crippen LogP contribution in [0.15, 0.2) is 30.3 Å². The number of benzene rings is 1. The second-order valence-electron chi connectivity index (χ2n) is 5.49. The summed E-state index contributed by atoms with van der Waals surface area (Å²) in [6.45, 7) is 3.83. The van der Waals surface area contributed by atoms with Gasteiger partial charge in [0.2, 0.25) is 0 Å². The first kappa shape index (κ1) is 14.9. The molecule has 2 rings (SSSR count). The van der Waals surface area contributed by atoms with Gasteiger partial charge >= 0.3 is 5.97 Å². The first-order valence-corrected chi connectivity index (χ1v) is 7.62. The lowest BCUT2D eigenvalue weighted by atomic mass is 9.96. The van der Waals surface area contributed by atoms with Gasteiger partial charge in [-0.25, -0.2) is 0 Å². The Balaban J connectivity index is 2.02. The molecule has 1 aliphatic rings. The molecule has 0 N–H and O–H groups in total. The summed E-state index contributed by atoms with van der Waals surface area (Å²) in [6.07, 6.45) is 4.88. The molecule has 0 amide bonds. The molecule has 0 saturated heterocycles. The van der Waals surface area contributed by atoms with E-state index in [1.807, 2.05) is 44.2 Å². The van der Waals surface area contributed by atoms with Crippen LogP contribution in [0.3, 0.4) is 0 Å². The maximum absolute atomic E-state index is 11.7. The minimum atomic E-state index is -0.134. The van der Waals surface area contributed by atoms with Crippen LogP contribution in [-0.4, -0.2) is 18.2 Å². The van der Waals surface area contributed by atoms with Gasteiger partial charge in [0, 0.05) is 6.42 Å². The molecule has 3 heteroatoms. The lowest BCUT2D eigenvalue weighted by molar-refractivity contribution is -0.157. The predicted molar refractivity (Wildman–Crippen MR) is 78.7 cm³/mol. The van der Waals surface area contributed by atoms with Crippen LogP contribution in [0.2, 0.25) is 0 Å². The minimum absolute atomic E-state index is 0.115. The minimum Gasteiger partial charge on any atom is -0.487 e. The smallest absolute Gasteiger partial charge is 0.305 e. The molecule has 0 spiro atoms. The van der Waals surface area contributed by atoms with Gasteiger partial charge in [-0.2, -0.15) is 0 Å². The Morgan fingerprint density at radius 3 is 2.50 bits per heavy atom. The van der Waals surface area contributed by atoms with Crippen LogP contribution in [0.4, 0.5) is 0 Å². The third-order valence-corrected chi connectivity index (χ3v) is 3.95. The molecule has 1 aliphatic carbocycles. The van der Waals surface area contributed by atoms with Crippen LogP contribution >= 0.6 is 0 Å². The Kier molecular flexibility index (Phi) is 5.45. The lowest BCUT2D eigenvalue weighted by Crippen LogP contribution is -2.38. The Hall–Kier alpha value is -1.51. The van der Waals surface area contributed by atoms with E-state index < -0.39 is 0 Å². The van der Waals surface area contributed by atoms with Gasteiger partial charge in [0.05, 0.1) is 0 Å². The number of ether oxygens (including phenoxy) is 2. The lowest BCUT2D eigenvalue weighted by Gasteiger charge is -2.29. The summed E-state index contributed by atoms with van der Waals surface area (Å²) in [5, 5.41) is 0. The van der Waals surface area contributed by atoms with Gasteiger partial charge in [-0.1, -0.05) is 38.0 Å². The van der Waals surface area contributed by atoms with Crippen molar-refractivity contribution in [3.05, 3.63) is 30.3 Å². The molecule has 2 atom stereocenters. The predicted octanol–water partition coefficient (Wildman–Crippen LogP) is 3.97. The zero-order valence-electron chi connectivity index (χ0n) is 12.4. The summed E-state index contributed by atoms with van der Waals surface area (Å²) in [5.41, 5.74) is 0. The summed E-state index contributed by atoms with van der Waals surface area (Å²) in [7, 11) is 0. The Bertz CT molecular complexity index is 410. The quantitative estimate of drug-likeness (QED) is 0.738. The van der Waals surface area contributed by atoms with Crippen molar-refractivity contribution < 1.29 is 14.3 Å². The number of hydrogen-bond acceptors (Lipinski definition) is 3. The fourth-order valence-corrected chi connectivity index (χ4v) is 2.88. The van der Waals surface area contributed by atoms with Gasteiger partial charge in [-0.05, 0) is 37.8 Å². The van der Waals surface area contributed by atoms with Gasteiger partial charge in [-0.3, -0.25) is 4.79 Å². The zero-order chi connectivity index (χ0) is 14.4. The van der Waals surface area contributed by atoms with Gasteiger partial charge < -0.3 is 9.47 Å². The fraction of sp³-hybridized carbons (Fsp3) is 0.588. The third kappa shape index (κ3) is 3.99. The molecular weight excluding hydrogens is 252 g/mol. The largest absolute Gasteiger partial charge is 0.487 e. The number of carbonyl (C=O) groups excluding carboxylic acids is 1. The average Bonchev–Trinajstić information content (AvgIpc) is 2.99. The van der Waals surface area contributed by atoms with Crippen molar-refractivity contribution >= 4 is 5.97 Å². The molecular formula is C17H24O3. The second kappa shape index (κ2) is 7.32. The molecule has 0 aliphatic heterocycles. The summed E-state index contributed by atoms with van der Waals surface area (Å²) in [6, 6.07) is 9.73. The highest BCUT2D eigenvalue weighted by atomic mass is 16.6. The van der Waals surface area contributed by atoms with Gasteiger partial charge in [0.25, 0.3) is 0 Å². The number of carbonyl (C=O) groups is 1. The maximum Gasteiger partial charge on any atom is 0.305 e. The van der Waals surface area contributed by atoms with Gasteiger partial charge in [-0.15, -0.1) is 0 Å². The molecule has 0 aromatic heterocycles. The van der Waals surface area contributed by atoms with E-state index in [2.05, 4.69) is 0 Å². The number of para-hydroxylation sites is 1. The topological polar surface area (TPSA) is 35.5 Å². The van der Waals surface area contributed by atoms with Gasteiger partial charge in [0.1, 0.15) is 18.0 Å². The van der Waals surface area contributed by atoms with E-state index in [0.29, 0.717) is 12.3 Å². The van der Waals surface area contributed by atoms with Crippen molar-refractivity contribution in [3.63, 3.8) is 0 Å². The van der Waals surface area contributed by atoms with Crippen molar-refractivity contribution in [3.8, 4) is 5.75 Å². The highest BCUT2D eigenvalue weighted by Gasteiger charge is 2.33. The molecule has 20 heavy (non-hydrogen) atoms. The normalized spacial score (nSPS) is 18.5. The molecule has 1 saturated carbocycles. The Morgan fingerprint density at radius 1 is 1.25 bits per heavy atom. The number of hydrogen-bond donors (Lipinski definition) is 0. The van der Waals surface area contributed by atoms with E-state index in [4.69, 9.17) is 9.47 Å². The molecule has 1 aromatic carbocycles. The summed E-state index contributed by atoms with van der Waals surface area (Å²) < 4.78 is 11.6. The molecule has 0 bridgehead atoms. The van der Waals surface area contributed by atoms with E-state index in [1.54, 1.807) is 0 Å². The van der Waals surface area contributed by atoms with Crippen molar-refractivity contribution in [2.75, 3.05) is 0 Å². The summed E-state index contributed by atoms with van der Waals surface area (Å²) >= 11 is 0. The Morgan fingerprint density at radius 2 is 1.90 bits per heavy atom. The van der Waals surface area contributed by atoms with Crippen LogP contribution in [0.1, 0.15) is 46.0 Å². The Labute approximate surface area is 121 Å². The molecule has 0 heterocycles. The summed E-state index contributed by atoms with van der Waals surface area (Å²) in [5.74, 6) is 1.13. The van der Waals surface area contributed by atoms with Crippen LogP contribution in [-0.2, 0) is 9.53 Å². The van der Waals surface area contributed by atoms with Crippen molar-refractivity contribution in [2.24, 2.45) is 5.92 Å². The van der Waals surface area contributed by atoms with E-state index in [1.165, 1.54) is 12.8 Å². The number of rotatable bonds is 6.